The number of anilines is 1. The first-order valence-corrected chi connectivity index (χ1v) is 7.33. The summed E-state index contributed by atoms with van der Waals surface area (Å²) in [5, 5.41) is 5.36. The summed E-state index contributed by atoms with van der Waals surface area (Å²) < 4.78 is 0. The van der Waals surface area contributed by atoms with Gasteiger partial charge in [-0.1, -0.05) is 6.92 Å². The molecule has 0 bridgehead atoms. The fraction of sp³-hybridized carbons (Fsp3) is 0.333. The van der Waals surface area contributed by atoms with Crippen LogP contribution in [0.5, 0.6) is 0 Å². The third-order valence-electron chi connectivity index (χ3n) is 2.53. The van der Waals surface area contributed by atoms with Crippen molar-refractivity contribution in [3.05, 3.63) is 22.4 Å². The number of nitrogens with two attached hydrogens (primary N) is 1. The van der Waals surface area contributed by atoms with Crippen molar-refractivity contribution < 1.29 is 4.79 Å². The molecule has 2 rings (SSSR count). The highest BCUT2D eigenvalue weighted by molar-refractivity contribution is 7.17. The van der Waals surface area contributed by atoms with Crippen molar-refractivity contribution in [1.82, 2.24) is 4.98 Å². The number of amides is 1. The van der Waals surface area contributed by atoms with E-state index in [9.17, 15) is 4.79 Å². The zero-order valence-electron chi connectivity index (χ0n) is 10.3. The highest BCUT2D eigenvalue weighted by Gasteiger charge is 2.13. The van der Waals surface area contributed by atoms with Crippen molar-refractivity contribution in [1.29, 1.82) is 0 Å². The SMILES string of the molecule is Cc1ccc(-c2csc(NC(=O)C(C)CN)n2)s1. The molecule has 0 spiro atoms. The van der Waals surface area contributed by atoms with Crippen molar-refractivity contribution in [2.24, 2.45) is 11.7 Å². The minimum atomic E-state index is -0.193. The zero-order chi connectivity index (χ0) is 13.1. The molecule has 96 valence electrons. The van der Waals surface area contributed by atoms with Gasteiger partial charge >= 0.3 is 0 Å². The van der Waals surface area contributed by atoms with Crippen LogP contribution in [-0.4, -0.2) is 17.4 Å². The number of carbonyl (C=O) groups is 1. The number of aryl methyl sites for hydroxylation is 1. The summed E-state index contributed by atoms with van der Waals surface area (Å²) >= 11 is 3.13. The molecule has 0 aliphatic rings. The van der Waals surface area contributed by atoms with Crippen molar-refractivity contribution >= 4 is 33.7 Å². The smallest absolute Gasteiger partial charge is 0.230 e. The van der Waals surface area contributed by atoms with Crippen LogP contribution in [0.3, 0.4) is 0 Å². The van der Waals surface area contributed by atoms with Gasteiger partial charge in [-0.3, -0.25) is 4.79 Å². The number of aromatic nitrogens is 1. The van der Waals surface area contributed by atoms with Crippen LogP contribution >= 0.6 is 22.7 Å². The maximum absolute atomic E-state index is 11.7. The minimum Gasteiger partial charge on any atom is -0.330 e. The highest BCUT2D eigenvalue weighted by atomic mass is 32.1. The second kappa shape index (κ2) is 5.60. The Bertz CT molecular complexity index is 547. The van der Waals surface area contributed by atoms with Gasteiger partial charge in [-0.15, -0.1) is 22.7 Å². The molecule has 0 aromatic carbocycles. The Labute approximate surface area is 114 Å². The number of thiazole rings is 1. The third-order valence-corrected chi connectivity index (χ3v) is 4.31. The Morgan fingerprint density at radius 3 is 2.94 bits per heavy atom. The summed E-state index contributed by atoms with van der Waals surface area (Å²) in [4.78, 5) is 18.4. The molecule has 3 N–H and O–H groups in total. The van der Waals surface area contributed by atoms with Crippen LogP contribution in [0.4, 0.5) is 5.13 Å². The summed E-state index contributed by atoms with van der Waals surface area (Å²) in [5.41, 5.74) is 6.36. The number of hydrogen-bond donors (Lipinski definition) is 2. The Hall–Kier alpha value is -1.24. The van der Waals surface area contributed by atoms with Crippen molar-refractivity contribution in [3.63, 3.8) is 0 Å². The van der Waals surface area contributed by atoms with E-state index in [1.54, 1.807) is 18.3 Å². The number of rotatable bonds is 4. The maximum Gasteiger partial charge on any atom is 0.230 e. The lowest BCUT2D eigenvalue weighted by Gasteiger charge is -2.06. The Balaban J connectivity index is 2.09. The normalized spacial score (nSPS) is 12.4. The molecular weight excluding hydrogens is 266 g/mol. The van der Waals surface area contributed by atoms with Gasteiger partial charge in [-0.2, -0.15) is 0 Å². The van der Waals surface area contributed by atoms with E-state index in [0.717, 1.165) is 10.6 Å². The quantitative estimate of drug-likeness (QED) is 0.905. The van der Waals surface area contributed by atoms with Gasteiger partial charge in [0, 0.05) is 22.7 Å². The van der Waals surface area contributed by atoms with E-state index >= 15 is 0 Å². The van der Waals surface area contributed by atoms with Crippen LogP contribution in [0.2, 0.25) is 0 Å². The molecule has 1 atom stereocenters. The summed E-state index contributed by atoms with van der Waals surface area (Å²) in [6.45, 7) is 4.20. The molecule has 1 unspecified atom stereocenters. The van der Waals surface area contributed by atoms with Crippen LogP contribution < -0.4 is 11.1 Å². The molecule has 0 aliphatic heterocycles. The van der Waals surface area contributed by atoms with Gasteiger partial charge in [0.25, 0.3) is 0 Å². The van der Waals surface area contributed by atoms with E-state index in [4.69, 9.17) is 5.73 Å². The number of hydrogen-bond acceptors (Lipinski definition) is 5. The molecule has 0 saturated heterocycles. The molecule has 2 aromatic heterocycles. The molecular formula is C12H15N3OS2. The minimum absolute atomic E-state index is 0.0826. The monoisotopic (exact) mass is 281 g/mol. The van der Waals surface area contributed by atoms with E-state index in [0.29, 0.717) is 11.7 Å². The van der Waals surface area contributed by atoms with E-state index in [2.05, 4.69) is 23.3 Å². The van der Waals surface area contributed by atoms with Crippen LogP contribution in [0, 0.1) is 12.8 Å². The summed E-state index contributed by atoms with van der Waals surface area (Å²) in [5.74, 6) is -0.276. The molecule has 0 fully saturated rings. The van der Waals surface area contributed by atoms with Gasteiger partial charge in [0.2, 0.25) is 5.91 Å². The van der Waals surface area contributed by atoms with Crippen molar-refractivity contribution in [2.75, 3.05) is 11.9 Å². The molecule has 6 heteroatoms. The molecule has 2 heterocycles. The fourth-order valence-electron chi connectivity index (χ4n) is 1.35. The van der Waals surface area contributed by atoms with E-state index in [1.165, 1.54) is 16.2 Å². The van der Waals surface area contributed by atoms with Gasteiger partial charge < -0.3 is 11.1 Å². The first-order chi connectivity index (χ1) is 8.60. The van der Waals surface area contributed by atoms with Crippen LogP contribution in [0.15, 0.2) is 17.5 Å². The largest absolute Gasteiger partial charge is 0.330 e. The third kappa shape index (κ3) is 2.95. The first kappa shape index (κ1) is 13.2. The van der Waals surface area contributed by atoms with Crippen LogP contribution in [0.25, 0.3) is 10.6 Å². The summed E-state index contributed by atoms with van der Waals surface area (Å²) in [6, 6.07) is 4.11. The van der Waals surface area contributed by atoms with Crippen molar-refractivity contribution in [3.8, 4) is 10.6 Å². The standard InChI is InChI=1S/C12H15N3OS2/c1-7(5-13)11(16)15-12-14-9(6-17-12)10-4-3-8(2)18-10/h3-4,6-7H,5,13H2,1-2H3,(H,14,15,16). The average Bonchev–Trinajstić information content (AvgIpc) is 2.96. The predicted octanol–water partition coefficient (Wildman–Crippen LogP) is 2.71. The van der Waals surface area contributed by atoms with Gasteiger partial charge in [-0.05, 0) is 19.1 Å². The van der Waals surface area contributed by atoms with E-state index in [1.807, 2.05) is 11.4 Å². The lowest BCUT2D eigenvalue weighted by Crippen LogP contribution is -2.26. The molecule has 4 nitrogen and oxygen atoms in total. The van der Waals surface area contributed by atoms with Gasteiger partial charge in [0.15, 0.2) is 5.13 Å². The zero-order valence-corrected chi connectivity index (χ0v) is 11.9. The fourth-order valence-corrected chi connectivity index (χ4v) is 2.97. The number of nitrogens with zero attached hydrogens (tertiary/aromatic N) is 1. The Morgan fingerprint density at radius 2 is 2.33 bits per heavy atom. The average molecular weight is 281 g/mol. The second-order valence-electron chi connectivity index (χ2n) is 4.07. The maximum atomic E-state index is 11.7. The number of thiophene rings is 1. The van der Waals surface area contributed by atoms with Gasteiger partial charge in [0.1, 0.15) is 0 Å². The molecule has 1 amide bonds. The molecule has 2 aromatic rings. The molecule has 0 radical (unpaired) electrons. The second-order valence-corrected chi connectivity index (χ2v) is 6.22. The topological polar surface area (TPSA) is 68.0 Å². The molecule has 0 saturated carbocycles. The highest BCUT2D eigenvalue weighted by Crippen LogP contribution is 2.30. The summed E-state index contributed by atoms with van der Waals surface area (Å²) in [6.07, 6.45) is 0. The summed E-state index contributed by atoms with van der Waals surface area (Å²) in [7, 11) is 0. The van der Waals surface area contributed by atoms with E-state index < -0.39 is 0 Å². The first-order valence-electron chi connectivity index (χ1n) is 5.63. The lowest BCUT2D eigenvalue weighted by molar-refractivity contribution is -0.119. The molecule has 18 heavy (non-hydrogen) atoms. The predicted molar refractivity (Wildman–Crippen MR) is 77.0 cm³/mol. The Kier molecular flexibility index (Phi) is 4.11. The van der Waals surface area contributed by atoms with Crippen LogP contribution in [-0.2, 0) is 4.79 Å². The Morgan fingerprint density at radius 1 is 1.56 bits per heavy atom. The van der Waals surface area contributed by atoms with Gasteiger partial charge in [-0.25, -0.2) is 4.98 Å². The number of nitrogens with one attached hydrogen (secondary N) is 1. The lowest BCUT2D eigenvalue weighted by atomic mass is 10.2. The van der Waals surface area contributed by atoms with Crippen LogP contribution in [0.1, 0.15) is 11.8 Å². The van der Waals surface area contributed by atoms with Crippen molar-refractivity contribution in [2.45, 2.75) is 13.8 Å². The molecule has 0 aliphatic carbocycles. The van der Waals surface area contributed by atoms with Gasteiger partial charge in [0.05, 0.1) is 10.6 Å². The van der Waals surface area contributed by atoms with E-state index in [-0.39, 0.29) is 11.8 Å². The number of carbonyl (C=O) groups excluding carboxylic acids is 1.